The fraction of sp³-hybridized carbons (Fsp3) is 0.667. The molecule has 0 radical (unpaired) electrons. The number of nitrogens with zero attached hydrogens (tertiary/aromatic N) is 1. The highest BCUT2D eigenvalue weighted by Gasteiger charge is 2.42. The molecule has 0 spiro atoms. The molecule has 0 amide bonds. The first-order valence-electron chi connectivity index (χ1n) is 7.02. The molecule has 1 fully saturated rings. The van der Waals surface area contributed by atoms with E-state index in [0.717, 1.165) is 11.3 Å². The summed E-state index contributed by atoms with van der Waals surface area (Å²) in [5, 5.41) is 10.2. The molecule has 112 valence electrons. The number of aliphatic hydroxyl groups is 1. The summed E-state index contributed by atoms with van der Waals surface area (Å²) in [6, 6.07) is 3.79. The summed E-state index contributed by atoms with van der Waals surface area (Å²) in [5.41, 5.74) is 1.84. The molecule has 2 nitrogen and oxygen atoms in total. The summed E-state index contributed by atoms with van der Waals surface area (Å²) < 4.78 is 37.7. The molecule has 1 aromatic rings. The van der Waals surface area contributed by atoms with Crippen LogP contribution < -0.4 is 0 Å². The number of alkyl halides is 3. The van der Waals surface area contributed by atoms with Crippen molar-refractivity contribution < 1.29 is 18.3 Å². The van der Waals surface area contributed by atoms with Gasteiger partial charge in [0.2, 0.25) is 0 Å². The highest BCUT2D eigenvalue weighted by atomic mass is 19.4. The number of rotatable bonds is 3. The Hall–Kier alpha value is -1.10. The van der Waals surface area contributed by atoms with Crippen LogP contribution in [-0.2, 0) is 6.42 Å². The average molecular weight is 287 g/mol. The van der Waals surface area contributed by atoms with Crippen molar-refractivity contribution in [3.05, 3.63) is 29.6 Å². The van der Waals surface area contributed by atoms with E-state index in [1.165, 1.54) is 0 Å². The smallest absolute Gasteiger partial charge is 0.391 e. The molecular formula is C15H20F3NO. The lowest BCUT2D eigenvalue weighted by Crippen LogP contribution is -2.32. The van der Waals surface area contributed by atoms with Crippen molar-refractivity contribution in [2.75, 3.05) is 0 Å². The van der Waals surface area contributed by atoms with Gasteiger partial charge in [0.1, 0.15) is 0 Å². The SMILES string of the molecule is Cc1ccc(CC(O)C2CCC(C(F)(F)F)CC2)nc1. The minimum Gasteiger partial charge on any atom is -0.392 e. The molecule has 0 saturated heterocycles. The molecule has 0 bridgehead atoms. The lowest BCUT2D eigenvalue weighted by atomic mass is 9.78. The predicted molar refractivity (Wildman–Crippen MR) is 70.2 cm³/mol. The quantitative estimate of drug-likeness (QED) is 0.920. The van der Waals surface area contributed by atoms with E-state index in [4.69, 9.17) is 0 Å². The van der Waals surface area contributed by atoms with E-state index in [1.807, 2.05) is 19.1 Å². The van der Waals surface area contributed by atoms with Crippen molar-refractivity contribution in [2.45, 2.75) is 51.3 Å². The maximum atomic E-state index is 12.6. The zero-order valence-electron chi connectivity index (χ0n) is 11.5. The normalized spacial score (nSPS) is 25.4. The third-order valence-corrected chi connectivity index (χ3v) is 4.17. The number of hydrogen-bond acceptors (Lipinski definition) is 2. The highest BCUT2D eigenvalue weighted by molar-refractivity contribution is 5.13. The second kappa shape index (κ2) is 6.12. The predicted octanol–water partition coefficient (Wildman–Crippen LogP) is 3.66. The van der Waals surface area contributed by atoms with Crippen molar-refractivity contribution in [1.82, 2.24) is 4.98 Å². The molecule has 0 aliphatic heterocycles. The van der Waals surface area contributed by atoms with Crippen molar-refractivity contribution in [1.29, 1.82) is 0 Å². The lowest BCUT2D eigenvalue weighted by Gasteiger charge is -2.32. The van der Waals surface area contributed by atoms with Crippen molar-refractivity contribution in [2.24, 2.45) is 11.8 Å². The third kappa shape index (κ3) is 3.95. The van der Waals surface area contributed by atoms with Crippen LogP contribution in [0.4, 0.5) is 13.2 Å². The Labute approximate surface area is 117 Å². The largest absolute Gasteiger partial charge is 0.392 e. The zero-order valence-corrected chi connectivity index (χ0v) is 11.5. The van der Waals surface area contributed by atoms with Gasteiger partial charge in [-0.1, -0.05) is 6.07 Å². The van der Waals surface area contributed by atoms with E-state index in [9.17, 15) is 18.3 Å². The number of hydrogen-bond donors (Lipinski definition) is 1. The Morgan fingerprint density at radius 2 is 1.90 bits per heavy atom. The van der Waals surface area contributed by atoms with E-state index in [2.05, 4.69) is 4.98 Å². The van der Waals surface area contributed by atoms with Gasteiger partial charge in [-0.15, -0.1) is 0 Å². The molecule has 1 aromatic heterocycles. The van der Waals surface area contributed by atoms with Gasteiger partial charge in [-0.05, 0) is 50.2 Å². The molecule has 0 aromatic carbocycles. The third-order valence-electron chi connectivity index (χ3n) is 4.17. The van der Waals surface area contributed by atoms with Crippen LogP contribution in [0.1, 0.15) is 36.9 Å². The Kier molecular flexibility index (Phi) is 4.68. The van der Waals surface area contributed by atoms with Crippen LogP contribution in [0.5, 0.6) is 0 Å². The van der Waals surface area contributed by atoms with Crippen LogP contribution in [0.15, 0.2) is 18.3 Å². The van der Waals surface area contributed by atoms with Crippen LogP contribution in [0.25, 0.3) is 0 Å². The van der Waals surface area contributed by atoms with Gasteiger partial charge in [-0.3, -0.25) is 4.98 Å². The Morgan fingerprint density at radius 3 is 2.40 bits per heavy atom. The molecule has 1 atom stereocenters. The molecule has 1 aliphatic rings. The Morgan fingerprint density at radius 1 is 1.25 bits per heavy atom. The summed E-state index contributed by atoms with van der Waals surface area (Å²) in [5.74, 6) is -1.24. The summed E-state index contributed by atoms with van der Waals surface area (Å²) in [6.45, 7) is 1.94. The number of pyridine rings is 1. The molecule has 20 heavy (non-hydrogen) atoms. The number of aryl methyl sites for hydroxylation is 1. The van der Waals surface area contributed by atoms with Gasteiger partial charge in [0, 0.05) is 18.3 Å². The second-order valence-electron chi connectivity index (χ2n) is 5.75. The van der Waals surface area contributed by atoms with Crippen LogP contribution >= 0.6 is 0 Å². The van der Waals surface area contributed by atoms with Gasteiger partial charge in [0.15, 0.2) is 0 Å². The van der Waals surface area contributed by atoms with Gasteiger partial charge in [-0.2, -0.15) is 13.2 Å². The van der Waals surface area contributed by atoms with E-state index in [1.54, 1.807) is 6.20 Å². The molecule has 1 unspecified atom stereocenters. The first-order valence-corrected chi connectivity index (χ1v) is 7.02. The van der Waals surface area contributed by atoms with Crippen molar-refractivity contribution in [3.8, 4) is 0 Å². The summed E-state index contributed by atoms with van der Waals surface area (Å²) in [6.07, 6.45) is -1.38. The summed E-state index contributed by atoms with van der Waals surface area (Å²) >= 11 is 0. The summed E-state index contributed by atoms with van der Waals surface area (Å²) in [7, 11) is 0. The molecular weight excluding hydrogens is 267 g/mol. The van der Waals surface area contributed by atoms with E-state index < -0.39 is 18.2 Å². The fourth-order valence-electron chi connectivity index (χ4n) is 2.83. The van der Waals surface area contributed by atoms with Gasteiger partial charge >= 0.3 is 6.18 Å². The van der Waals surface area contributed by atoms with E-state index in [-0.39, 0.29) is 18.8 Å². The Balaban J connectivity index is 1.85. The number of aromatic nitrogens is 1. The first kappa shape index (κ1) is 15.3. The van der Waals surface area contributed by atoms with Gasteiger partial charge in [0.25, 0.3) is 0 Å². The van der Waals surface area contributed by atoms with Gasteiger partial charge in [-0.25, -0.2) is 0 Å². The first-order chi connectivity index (χ1) is 9.36. The molecule has 2 rings (SSSR count). The lowest BCUT2D eigenvalue weighted by molar-refractivity contribution is -0.185. The monoisotopic (exact) mass is 287 g/mol. The Bertz CT molecular complexity index is 422. The van der Waals surface area contributed by atoms with Crippen LogP contribution in [0, 0.1) is 18.8 Å². The maximum Gasteiger partial charge on any atom is 0.391 e. The molecule has 1 N–H and O–H groups in total. The molecule has 1 heterocycles. The van der Waals surface area contributed by atoms with E-state index in [0.29, 0.717) is 19.3 Å². The molecule has 1 aliphatic carbocycles. The zero-order chi connectivity index (χ0) is 14.8. The van der Waals surface area contributed by atoms with Crippen LogP contribution in [-0.4, -0.2) is 22.4 Å². The maximum absolute atomic E-state index is 12.6. The van der Waals surface area contributed by atoms with Gasteiger partial charge < -0.3 is 5.11 Å². The minimum absolute atomic E-state index is 0.0447. The second-order valence-corrected chi connectivity index (χ2v) is 5.75. The van der Waals surface area contributed by atoms with Crippen LogP contribution in [0.2, 0.25) is 0 Å². The standard InChI is InChI=1S/C15H20F3NO/c1-10-2-7-13(19-9-10)8-14(20)11-3-5-12(6-4-11)15(16,17)18/h2,7,9,11-12,14,20H,3-6,8H2,1H3. The van der Waals surface area contributed by atoms with Gasteiger partial charge in [0.05, 0.1) is 12.0 Å². The average Bonchev–Trinajstić information content (AvgIpc) is 2.40. The molecule has 1 saturated carbocycles. The number of halogens is 3. The molecule has 5 heteroatoms. The highest BCUT2D eigenvalue weighted by Crippen LogP contribution is 2.40. The topological polar surface area (TPSA) is 33.1 Å². The minimum atomic E-state index is -4.09. The summed E-state index contributed by atoms with van der Waals surface area (Å²) in [4.78, 5) is 4.23. The van der Waals surface area contributed by atoms with Crippen molar-refractivity contribution in [3.63, 3.8) is 0 Å². The fourth-order valence-corrected chi connectivity index (χ4v) is 2.83. The van der Waals surface area contributed by atoms with Crippen molar-refractivity contribution >= 4 is 0 Å². The van der Waals surface area contributed by atoms with E-state index >= 15 is 0 Å². The number of aliphatic hydroxyl groups excluding tert-OH is 1. The van der Waals surface area contributed by atoms with Crippen LogP contribution in [0.3, 0.4) is 0 Å².